The van der Waals surface area contributed by atoms with E-state index < -0.39 is 0 Å². The van der Waals surface area contributed by atoms with Gasteiger partial charge in [0.25, 0.3) is 0 Å². The van der Waals surface area contributed by atoms with Gasteiger partial charge in [0.1, 0.15) is 5.52 Å². The van der Waals surface area contributed by atoms with E-state index in [-0.39, 0.29) is 0 Å². The quantitative estimate of drug-likeness (QED) is 0.687. The van der Waals surface area contributed by atoms with Crippen LogP contribution in [-0.2, 0) is 6.54 Å². The lowest BCUT2D eigenvalue weighted by Gasteiger charge is -2.32. The second-order valence-corrected chi connectivity index (χ2v) is 6.12. The van der Waals surface area contributed by atoms with E-state index in [1.54, 1.807) is 12.5 Å². The lowest BCUT2D eigenvalue weighted by molar-refractivity contribution is 0.209. The SMILES string of the molecule is Cc1nc[nH]c1CN1CCC(Nc2nc3cccnc3[nH]2)CC1. The minimum Gasteiger partial charge on any atom is -0.353 e. The average Bonchev–Trinajstić information content (AvgIpc) is 3.15. The fourth-order valence-electron chi connectivity index (χ4n) is 3.11. The number of aromatic nitrogens is 5. The van der Waals surface area contributed by atoms with Gasteiger partial charge in [-0.25, -0.2) is 15.0 Å². The highest BCUT2D eigenvalue weighted by molar-refractivity contribution is 5.72. The molecule has 120 valence electrons. The van der Waals surface area contributed by atoms with E-state index in [2.05, 4.69) is 42.1 Å². The first-order valence-corrected chi connectivity index (χ1v) is 8.06. The van der Waals surface area contributed by atoms with Crippen LogP contribution in [-0.4, -0.2) is 49.0 Å². The van der Waals surface area contributed by atoms with Gasteiger partial charge in [-0.2, -0.15) is 0 Å². The van der Waals surface area contributed by atoms with E-state index in [0.717, 1.165) is 55.3 Å². The molecule has 4 heterocycles. The smallest absolute Gasteiger partial charge is 0.202 e. The van der Waals surface area contributed by atoms with Crippen LogP contribution in [0, 0.1) is 6.92 Å². The standard InChI is InChI=1S/C16H21N7/c1-11-14(19-10-18-11)9-23-7-4-12(5-8-23)20-16-21-13-3-2-6-17-15(13)22-16/h2-3,6,10,12H,4-5,7-9H2,1H3,(H,18,19)(H2,17,20,21,22). The molecule has 0 aliphatic carbocycles. The van der Waals surface area contributed by atoms with Gasteiger partial charge in [0.2, 0.25) is 5.95 Å². The number of imidazole rings is 2. The average molecular weight is 311 g/mol. The van der Waals surface area contributed by atoms with Gasteiger partial charge in [-0.3, -0.25) is 4.90 Å². The van der Waals surface area contributed by atoms with Gasteiger partial charge in [0, 0.05) is 31.9 Å². The Kier molecular flexibility index (Phi) is 3.70. The predicted molar refractivity (Wildman–Crippen MR) is 89.1 cm³/mol. The van der Waals surface area contributed by atoms with Crippen molar-refractivity contribution in [2.45, 2.75) is 32.4 Å². The number of likely N-dealkylation sites (tertiary alicyclic amines) is 1. The second kappa shape index (κ2) is 6.00. The van der Waals surface area contributed by atoms with Crippen molar-refractivity contribution in [1.82, 2.24) is 29.8 Å². The molecule has 7 nitrogen and oxygen atoms in total. The van der Waals surface area contributed by atoms with Crippen molar-refractivity contribution < 1.29 is 0 Å². The molecule has 3 N–H and O–H groups in total. The maximum absolute atomic E-state index is 4.54. The van der Waals surface area contributed by atoms with Gasteiger partial charge in [-0.1, -0.05) is 0 Å². The number of nitrogens with one attached hydrogen (secondary N) is 3. The number of pyridine rings is 1. The zero-order valence-electron chi connectivity index (χ0n) is 13.2. The lowest BCUT2D eigenvalue weighted by Crippen LogP contribution is -2.39. The summed E-state index contributed by atoms with van der Waals surface area (Å²) in [6.45, 7) is 5.16. The van der Waals surface area contributed by atoms with Gasteiger partial charge in [-0.05, 0) is 31.9 Å². The largest absolute Gasteiger partial charge is 0.353 e. The molecule has 3 aromatic heterocycles. The van der Waals surface area contributed by atoms with Crippen molar-refractivity contribution in [3.8, 4) is 0 Å². The molecule has 3 aromatic rings. The van der Waals surface area contributed by atoms with Crippen LogP contribution < -0.4 is 5.32 Å². The summed E-state index contributed by atoms with van der Waals surface area (Å²) in [5, 5.41) is 3.51. The summed E-state index contributed by atoms with van der Waals surface area (Å²) >= 11 is 0. The minimum absolute atomic E-state index is 0.453. The van der Waals surface area contributed by atoms with Crippen molar-refractivity contribution in [3.05, 3.63) is 36.0 Å². The normalized spacial score (nSPS) is 16.9. The summed E-state index contributed by atoms with van der Waals surface area (Å²) in [4.78, 5) is 22.0. The number of rotatable bonds is 4. The molecule has 0 bridgehead atoms. The molecule has 0 saturated carbocycles. The van der Waals surface area contributed by atoms with Crippen molar-refractivity contribution in [1.29, 1.82) is 0 Å². The van der Waals surface area contributed by atoms with E-state index in [4.69, 9.17) is 0 Å². The number of fused-ring (bicyclic) bond motifs is 1. The molecular weight excluding hydrogens is 290 g/mol. The summed E-state index contributed by atoms with van der Waals surface area (Å²) in [6.07, 6.45) is 5.77. The van der Waals surface area contributed by atoms with Crippen LogP contribution in [0.4, 0.5) is 5.95 Å². The van der Waals surface area contributed by atoms with Crippen LogP contribution in [0.3, 0.4) is 0 Å². The highest BCUT2D eigenvalue weighted by atomic mass is 15.2. The van der Waals surface area contributed by atoms with Crippen molar-refractivity contribution in [3.63, 3.8) is 0 Å². The first kappa shape index (κ1) is 14.2. The van der Waals surface area contributed by atoms with Gasteiger partial charge in [-0.15, -0.1) is 0 Å². The van der Waals surface area contributed by atoms with Crippen LogP contribution in [0.5, 0.6) is 0 Å². The monoisotopic (exact) mass is 311 g/mol. The molecule has 0 unspecified atom stereocenters. The van der Waals surface area contributed by atoms with Crippen LogP contribution >= 0.6 is 0 Å². The van der Waals surface area contributed by atoms with E-state index in [1.807, 2.05) is 12.1 Å². The number of aromatic amines is 2. The molecule has 4 rings (SSSR count). The Labute approximate surface area is 134 Å². The molecule has 1 aliphatic rings. The molecule has 23 heavy (non-hydrogen) atoms. The Morgan fingerprint density at radius 3 is 2.91 bits per heavy atom. The van der Waals surface area contributed by atoms with Gasteiger partial charge in [0.05, 0.1) is 17.7 Å². The Hall–Kier alpha value is -2.41. The Morgan fingerprint density at radius 1 is 1.30 bits per heavy atom. The van der Waals surface area contributed by atoms with Crippen molar-refractivity contribution >= 4 is 17.1 Å². The summed E-state index contributed by atoms with van der Waals surface area (Å²) in [5.41, 5.74) is 4.06. The molecule has 1 saturated heterocycles. The molecule has 0 spiro atoms. The topological polar surface area (TPSA) is 85.5 Å². The fraction of sp³-hybridized carbons (Fsp3) is 0.438. The number of anilines is 1. The number of hydrogen-bond donors (Lipinski definition) is 3. The maximum Gasteiger partial charge on any atom is 0.202 e. The molecule has 0 radical (unpaired) electrons. The van der Waals surface area contributed by atoms with Crippen molar-refractivity contribution in [2.24, 2.45) is 0 Å². The molecule has 0 aromatic carbocycles. The summed E-state index contributed by atoms with van der Waals surface area (Å²) < 4.78 is 0. The van der Waals surface area contributed by atoms with E-state index >= 15 is 0 Å². The Morgan fingerprint density at radius 2 is 2.17 bits per heavy atom. The van der Waals surface area contributed by atoms with Gasteiger partial charge >= 0.3 is 0 Å². The van der Waals surface area contributed by atoms with Crippen LogP contribution in [0.2, 0.25) is 0 Å². The zero-order valence-corrected chi connectivity index (χ0v) is 13.2. The van der Waals surface area contributed by atoms with E-state index in [1.165, 1.54) is 5.69 Å². The zero-order chi connectivity index (χ0) is 15.6. The number of hydrogen-bond acceptors (Lipinski definition) is 5. The maximum atomic E-state index is 4.54. The molecule has 7 heteroatoms. The Balaban J connectivity index is 1.33. The van der Waals surface area contributed by atoms with Gasteiger partial charge < -0.3 is 15.3 Å². The Bertz CT molecular complexity index is 749. The van der Waals surface area contributed by atoms with Crippen LogP contribution in [0.25, 0.3) is 11.2 Å². The lowest BCUT2D eigenvalue weighted by atomic mass is 10.1. The number of aryl methyl sites for hydroxylation is 1. The van der Waals surface area contributed by atoms with E-state index in [9.17, 15) is 0 Å². The first-order chi connectivity index (χ1) is 11.3. The number of H-pyrrole nitrogens is 2. The minimum atomic E-state index is 0.453. The number of piperidine rings is 1. The van der Waals surface area contributed by atoms with Crippen LogP contribution in [0.15, 0.2) is 24.7 Å². The molecule has 1 aliphatic heterocycles. The molecule has 1 fully saturated rings. The summed E-state index contributed by atoms with van der Waals surface area (Å²) in [5.74, 6) is 0.821. The van der Waals surface area contributed by atoms with E-state index in [0.29, 0.717) is 6.04 Å². The fourth-order valence-corrected chi connectivity index (χ4v) is 3.11. The third kappa shape index (κ3) is 3.05. The highest BCUT2D eigenvalue weighted by Gasteiger charge is 2.20. The predicted octanol–water partition coefficient (Wildman–Crippen LogP) is 2.07. The number of nitrogens with zero attached hydrogens (tertiary/aromatic N) is 4. The van der Waals surface area contributed by atoms with Gasteiger partial charge in [0.15, 0.2) is 5.65 Å². The molecular formula is C16H21N7. The third-order valence-electron chi connectivity index (χ3n) is 4.50. The molecule has 0 amide bonds. The summed E-state index contributed by atoms with van der Waals surface area (Å²) in [6, 6.07) is 4.33. The van der Waals surface area contributed by atoms with Crippen LogP contribution in [0.1, 0.15) is 24.2 Å². The summed E-state index contributed by atoms with van der Waals surface area (Å²) in [7, 11) is 0. The van der Waals surface area contributed by atoms with Crippen molar-refractivity contribution in [2.75, 3.05) is 18.4 Å². The third-order valence-corrected chi connectivity index (χ3v) is 4.50. The molecule has 0 atom stereocenters. The second-order valence-electron chi connectivity index (χ2n) is 6.12. The first-order valence-electron chi connectivity index (χ1n) is 8.06. The highest BCUT2D eigenvalue weighted by Crippen LogP contribution is 2.18.